The van der Waals surface area contributed by atoms with Crippen LogP contribution in [0.1, 0.15) is 35.9 Å². The van der Waals surface area contributed by atoms with Crippen molar-refractivity contribution < 1.29 is 13.2 Å². The Labute approximate surface area is 169 Å². The smallest absolute Gasteiger partial charge is 0.295 e. The molecule has 0 aliphatic heterocycles. The van der Waals surface area contributed by atoms with Crippen molar-refractivity contribution in [3.05, 3.63) is 50.9 Å². The first-order valence-corrected chi connectivity index (χ1v) is 10.5. The summed E-state index contributed by atoms with van der Waals surface area (Å²) in [4.78, 5) is 32.4. The second kappa shape index (κ2) is 7.13. The van der Waals surface area contributed by atoms with Crippen molar-refractivity contribution >= 4 is 42.9 Å². The lowest BCUT2D eigenvalue weighted by Gasteiger charge is -2.10. The van der Waals surface area contributed by atoms with Gasteiger partial charge in [-0.3, -0.25) is 13.9 Å². The highest BCUT2D eigenvalue weighted by atomic mass is 79.9. The van der Waals surface area contributed by atoms with Gasteiger partial charge >= 0.3 is 5.69 Å². The van der Waals surface area contributed by atoms with Gasteiger partial charge in [0.15, 0.2) is 0 Å². The maximum Gasteiger partial charge on any atom is 0.328 e. The van der Waals surface area contributed by atoms with Crippen molar-refractivity contribution in [3.63, 3.8) is 0 Å². The number of carbonyl (C=O) groups excluding carboxylic acids is 1. The molecule has 28 heavy (non-hydrogen) atoms. The minimum Gasteiger partial charge on any atom is -0.295 e. The molecule has 0 bridgehead atoms. The van der Waals surface area contributed by atoms with E-state index in [1.807, 2.05) is 18.6 Å². The molecule has 0 radical (unpaired) electrons. The zero-order chi connectivity index (χ0) is 20.8. The number of rotatable bonds is 4. The summed E-state index contributed by atoms with van der Waals surface area (Å²) in [6.07, 6.45) is 2.57. The maximum absolute atomic E-state index is 12.8. The van der Waals surface area contributed by atoms with Gasteiger partial charge < -0.3 is 0 Å². The molecule has 148 valence electrons. The molecule has 3 rings (SSSR count). The monoisotopic (exact) mass is 467 g/mol. The van der Waals surface area contributed by atoms with Crippen LogP contribution in [0.2, 0.25) is 0 Å². The first kappa shape index (κ1) is 20.2. The fourth-order valence-corrected chi connectivity index (χ4v) is 4.72. The third-order valence-corrected chi connectivity index (χ3v) is 6.58. The number of aromatic nitrogens is 4. The average Bonchev–Trinajstić information content (AvgIpc) is 2.84. The third kappa shape index (κ3) is 3.47. The van der Waals surface area contributed by atoms with E-state index in [0.29, 0.717) is 16.9 Å². The molecule has 2 heterocycles. The minimum atomic E-state index is -4.20. The van der Waals surface area contributed by atoms with Crippen molar-refractivity contribution in [3.8, 4) is 0 Å². The number of amides is 1. The Kier molecular flexibility index (Phi) is 5.15. The van der Waals surface area contributed by atoms with E-state index in [9.17, 15) is 18.0 Å². The fraction of sp³-hybridized carbons (Fsp3) is 0.294. The summed E-state index contributed by atoms with van der Waals surface area (Å²) in [7, 11) is -1.07. The molecular weight excluding hydrogens is 450 g/mol. The lowest BCUT2D eigenvalue weighted by molar-refractivity contribution is 0.0980. The molecule has 3 aromatic rings. The quantitative estimate of drug-likeness (QED) is 0.623. The molecule has 2 aromatic heterocycles. The lowest BCUT2D eigenvalue weighted by atomic mass is 10.2. The minimum absolute atomic E-state index is 0.0253. The Morgan fingerprint density at radius 1 is 1.11 bits per heavy atom. The van der Waals surface area contributed by atoms with Gasteiger partial charge in [0.2, 0.25) is 0 Å². The summed E-state index contributed by atoms with van der Waals surface area (Å²) < 4.78 is 30.5. The second-order valence-corrected chi connectivity index (χ2v) is 9.10. The van der Waals surface area contributed by atoms with E-state index in [0.717, 1.165) is 0 Å². The second-order valence-electron chi connectivity index (χ2n) is 6.59. The van der Waals surface area contributed by atoms with E-state index in [4.69, 9.17) is 0 Å². The largest absolute Gasteiger partial charge is 0.328 e. The topological polar surface area (TPSA) is 116 Å². The van der Waals surface area contributed by atoms with Gasteiger partial charge in [0, 0.05) is 36.9 Å². The van der Waals surface area contributed by atoms with Crippen molar-refractivity contribution in [1.82, 2.24) is 23.8 Å². The molecule has 0 saturated heterocycles. The molecule has 0 unspecified atom stereocenters. The summed E-state index contributed by atoms with van der Waals surface area (Å²) in [5, 5.41) is 0. The molecule has 0 aliphatic rings. The van der Waals surface area contributed by atoms with Crippen LogP contribution in [0.3, 0.4) is 0 Å². The fourth-order valence-electron chi connectivity index (χ4n) is 2.70. The summed E-state index contributed by atoms with van der Waals surface area (Å²) in [5.74, 6) is -0.206. The Hall–Kier alpha value is -2.53. The Balaban J connectivity index is 1.98. The van der Waals surface area contributed by atoms with Gasteiger partial charge in [-0.25, -0.2) is 27.9 Å². The lowest BCUT2D eigenvalue weighted by Crippen LogP contribution is -2.31. The Bertz CT molecular complexity index is 1240. The predicted molar refractivity (Wildman–Crippen MR) is 107 cm³/mol. The van der Waals surface area contributed by atoms with E-state index in [1.165, 1.54) is 33.7 Å². The number of nitrogens with zero attached hydrogens (tertiary/aromatic N) is 4. The molecular formula is C17H18BrN5O4S. The summed E-state index contributed by atoms with van der Waals surface area (Å²) >= 11 is 3.21. The van der Waals surface area contributed by atoms with E-state index in [-0.39, 0.29) is 26.5 Å². The van der Waals surface area contributed by atoms with E-state index >= 15 is 0 Å². The number of imidazole rings is 1. The number of hydrogen-bond acceptors (Lipinski definition) is 6. The number of fused-ring (bicyclic) bond motifs is 1. The van der Waals surface area contributed by atoms with E-state index < -0.39 is 15.9 Å². The van der Waals surface area contributed by atoms with Gasteiger partial charge in [-0.05, 0) is 28.1 Å². The standard InChI is InChI=1S/C17H18BrN5O4S/c1-9(2)15-19-7-10(8-20-15)16(24)21-28(26,27)14-6-13-12(5-11(14)18)22(3)17(25)23(13)4/h5-9H,1-4H3,(H,21,24). The molecule has 0 saturated carbocycles. The van der Waals surface area contributed by atoms with Crippen molar-refractivity contribution in [1.29, 1.82) is 0 Å². The molecule has 0 spiro atoms. The van der Waals surface area contributed by atoms with E-state index in [1.54, 1.807) is 14.1 Å². The molecule has 0 atom stereocenters. The third-order valence-electron chi connectivity index (χ3n) is 4.29. The maximum atomic E-state index is 12.8. The molecule has 0 fully saturated rings. The first-order chi connectivity index (χ1) is 13.0. The molecule has 1 aromatic carbocycles. The zero-order valence-electron chi connectivity index (χ0n) is 15.6. The van der Waals surface area contributed by atoms with Gasteiger partial charge in [0.1, 0.15) is 10.7 Å². The molecule has 1 N–H and O–H groups in total. The molecule has 1 amide bonds. The Morgan fingerprint density at radius 2 is 1.64 bits per heavy atom. The number of aryl methyl sites for hydroxylation is 2. The van der Waals surface area contributed by atoms with Gasteiger partial charge in [-0.15, -0.1) is 0 Å². The first-order valence-electron chi connectivity index (χ1n) is 8.27. The van der Waals surface area contributed by atoms with Crippen molar-refractivity contribution in [2.75, 3.05) is 0 Å². The van der Waals surface area contributed by atoms with Crippen LogP contribution in [0.15, 0.2) is 38.7 Å². The number of sulfonamides is 1. The normalized spacial score (nSPS) is 11.9. The number of carbonyl (C=O) groups is 1. The molecule has 11 heteroatoms. The summed E-state index contributed by atoms with van der Waals surface area (Å²) in [6.45, 7) is 3.81. The number of benzene rings is 1. The highest BCUT2D eigenvalue weighted by Crippen LogP contribution is 2.27. The molecule has 9 nitrogen and oxygen atoms in total. The van der Waals surface area contributed by atoms with Crippen LogP contribution in [-0.2, 0) is 24.1 Å². The van der Waals surface area contributed by atoms with Crippen molar-refractivity contribution in [2.24, 2.45) is 14.1 Å². The van der Waals surface area contributed by atoms with E-state index in [2.05, 4.69) is 25.9 Å². The van der Waals surface area contributed by atoms with Crippen molar-refractivity contribution in [2.45, 2.75) is 24.7 Å². The van der Waals surface area contributed by atoms with Gasteiger partial charge in [0.25, 0.3) is 15.9 Å². The Morgan fingerprint density at radius 3 is 2.18 bits per heavy atom. The number of hydrogen-bond donors (Lipinski definition) is 1. The van der Waals surface area contributed by atoms with Crippen LogP contribution in [0, 0.1) is 0 Å². The summed E-state index contributed by atoms with van der Waals surface area (Å²) in [6, 6.07) is 2.87. The number of nitrogens with one attached hydrogen (secondary N) is 1. The highest BCUT2D eigenvalue weighted by Gasteiger charge is 2.24. The van der Waals surface area contributed by atoms with Gasteiger partial charge in [-0.1, -0.05) is 13.8 Å². The van der Waals surface area contributed by atoms with Crippen LogP contribution < -0.4 is 10.4 Å². The van der Waals surface area contributed by atoms with Crippen LogP contribution in [0.25, 0.3) is 11.0 Å². The predicted octanol–water partition coefficient (Wildman–Crippen LogP) is 1.67. The van der Waals surface area contributed by atoms with Crippen LogP contribution >= 0.6 is 15.9 Å². The number of halogens is 1. The average molecular weight is 468 g/mol. The zero-order valence-corrected chi connectivity index (χ0v) is 18.0. The van der Waals surface area contributed by atoms with Gasteiger partial charge in [0.05, 0.1) is 16.6 Å². The van der Waals surface area contributed by atoms with Crippen LogP contribution in [0.4, 0.5) is 0 Å². The summed E-state index contributed by atoms with van der Waals surface area (Å²) in [5.41, 5.74) is 0.718. The van der Waals surface area contributed by atoms with Crippen LogP contribution in [-0.4, -0.2) is 33.4 Å². The van der Waals surface area contributed by atoms with Crippen LogP contribution in [0.5, 0.6) is 0 Å². The van der Waals surface area contributed by atoms with Gasteiger partial charge in [-0.2, -0.15) is 0 Å². The molecule has 0 aliphatic carbocycles. The SMILES string of the molecule is CC(C)c1ncc(C(=O)NS(=O)(=O)c2cc3c(cc2Br)n(C)c(=O)n3C)cn1. The highest BCUT2D eigenvalue weighted by molar-refractivity contribution is 9.10.